The minimum atomic E-state index is -0.600. The predicted octanol–water partition coefficient (Wildman–Crippen LogP) is 6.07. The molecule has 0 radical (unpaired) electrons. The average Bonchev–Trinajstić information content (AvgIpc) is 3.00. The molecule has 0 bridgehead atoms. The van der Waals surface area contributed by atoms with Crippen molar-refractivity contribution in [1.82, 2.24) is 5.32 Å². The molecule has 42 heavy (non-hydrogen) atoms. The van der Waals surface area contributed by atoms with Gasteiger partial charge in [-0.3, -0.25) is 10.1 Å². The minimum absolute atomic E-state index is 0.0292. The van der Waals surface area contributed by atoms with Gasteiger partial charge in [0.2, 0.25) is 5.91 Å². The first-order valence-electron chi connectivity index (χ1n) is 13.8. The van der Waals surface area contributed by atoms with Crippen LogP contribution < -0.4 is 20.1 Å². The zero-order valence-electron chi connectivity index (χ0n) is 23.2. The number of carbonyl (C=O) groups excluding carboxylic acids is 3. The summed E-state index contributed by atoms with van der Waals surface area (Å²) in [7, 11) is 0. The average molecular weight is 635 g/mol. The third kappa shape index (κ3) is 9.59. The van der Waals surface area contributed by atoms with Gasteiger partial charge >= 0.3 is 12.2 Å². The topological polar surface area (TPSA) is 101 Å². The lowest BCUT2D eigenvalue weighted by atomic mass is 10.1. The van der Waals surface area contributed by atoms with Gasteiger partial charge in [0.05, 0.1) is 18.8 Å². The van der Waals surface area contributed by atoms with Crippen molar-refractivity contribution in [3.05, 3.63) is 102 Å². The van der Waals surface area contributed by atoms with Gasteiger partial charge in [0.25, 0.3) is 0 Å². The highest BCUT2D eigenvalue weighted by Crippen LogP contribution is 2.23. The molecule has 0 atom stereocenters. The number of pyridine rings is 1. The highest BCUT2D eigenvalue weighted by molar-refractivity contribution is 9.10. The predicted molar refractivity (Wildman–Crippen MR) is 165 cm³/mol. The van der Waals surface area contributed by atoms with E-state index in [2.05, 4.69) is 26.6 Å². The van der Waals surface area contributed by atoms with Crippen molar-refractivity contribution in [3.8, 4) is 0 Å². The van der Waals surface area contributed by atoms with Crippen molar-refractivity contribution in [3.63, 3.8) is 0 Å². The molecule has 218 valence electrons. The van der Waals surface area contributed by atoms with Crippen LogP contribution in [-0.4, -0.2) is 44.4 Å². The van der Waals surface area contributed by atoms with Gasteiger partial charge in [0, 0.05) is 47.1 Å². The second kappa shape index (κ2) is 16.1. The van der Waals surface area contributed by atoms with Crippen LogP contribution >= 0.6 is 15.9 Å². The summed E-state index contributed by atoms with van der Waals surface area (Å²) in [5, 5.41) is 7.35. The van der Waals surface area contributed by atoms with E-state index in [1.54, 1.807) is 4.90 Å². The summed E-state index contributed by atoms with van der Waals surface area (Å²) < 4.78 is 13.4. The summed E-state index contributed by atoms with van der Waals surface area (Å²) in [6.07, 6.45) is 4.23. The van der Waals surface area contributed by atoms with Gasteiger partial charge < -0.3 is 19.7 Å². The molecule has 3 amide bonds. The van der Waals surface area contributed by atoms with Crippen molar-refractivity contribution in [2.75, 3.05) is 36.5 Å². The number of amides is 3. The Morgan fingerprint density at radius 3 is 2.40 bits per heavy atom. The Balaban J connectivity index is 1.15. The zero-order chi connectivity index (χ0) is 29.6. The van der Waals surface area contributed by atoms with Gasteiger partial charge in [-0.05, 0) is 36.1 Å². The largest absolute Gasteiger partial charge is 0.449 e. The van der Waals surface area contributed by atoms with Crippen molar-refractivity contribution in [1.29, 1.82) is 0 Å². The molecule has 0 saturated heterocycles. The molecule has 0 spiro atoms. The lowest BCUT2D eigenvalue weighted by Crippen LogP contribution is -2.37. The maximum Gasteiger partial charge on any atom is 0.411 e. The molecule has 0 aliphatic rings. The number of hydrogen-bond donors (Lipinski definition) is 2. The smallest absolute Gasteiger partial charge is 0.411 e. The number of nitrogens with one attached hydrogen (secondary N) is 2. The second-order valence-corrected chi connectivity index (χ2v) is 10.4. The SMILES string of the molecule is O=C(NCCCOC(=O)Nc1cccc2ccccc12)OCCN(C(=O)CCC[n+]1ccccc1)c1cccc(Br)c1. The second-order valence-electron chi connectivity index (χ2n) is 9.45. The molecule has 0 saturated carbocycles. The van der Waals surface area contributed by atoms with E-state index >= 15 is 0 Å². The van der Waals surface area contributed by atoms with Gasteiger partial charge in [0.1, 0.15) is 13.2 Å². The number of aryl methyl sites for hydroxylation is 1. The minimum Gasteiger partial charge on any atom is -0.449 e. The normalized spacial score (nSPS) is 10.6. The fraction of sp³-hybridized carbons (Fsp3) is 0.250. The number of ether oxygens (including phenoxy) is 2. The van der Waals surface area contributed by atoms with Gasteiger partial charge in [-0.15, -0.1) is 0 Å². The zero-order valence-corrected chi connectivity index (χ0v) is 24.8. The number of benzene rings is 3. The molecule has 1 heterocycles. The summed E-state index contributed by atoms with van der Waals surface area (Å²) in [6, 6.07) is 26.7. The summed E-state index contributed by atoms with van der Waals surface area (Å²) in [5.41, 5.74) is 1.40. The van der Waals surface area contributed by atoms with Gasteiger partial charge in [-0.2, -0.15) is 0 Å². The Morgan fingerprint density at radius 1 is 0.810 bits per heavy atom. The van der Waals surface area contributed by atoms with E-state index in [-0.39, 0.29) is 32.2 Å². The molecule has 4 aromatic rings. The van der Waals surface area contributed by atoms with Crippen LogP contribution in [0.25, 0.3) is 10.8 Å². The van der Waals surface area contributed by atoms with Crippen LogP contribution in [-0.2, 0) is 20.8 Å². The molecule has 0 unspecified atom stereocenters. The highest BCUT2D eigenvalue weighted by atomic mass is 79.9. The first kappa shape index (κ1) is 30.5. The van der Waals surface area contributed by atoms with E-state index in [1.165, 1.54) is 0 Å². The third-order valence-corrected chi connectivity index (χ3v) is 6.90. The molecule has 0 aliphatic carbocycles. The molecule has 4 rings (SSSR count). The third-order valence-electron chi connectivity index (χ3n) is 6.40. The maximum atomic E-state index is 13.1. The van der Waals surface area contributed by atoms with Crippen molar-refractivity contribution < 1.29 is 28.4 Å². The Morgan fingerprint density at radius 2 is 1.57 bits per heavy atom. The van der Waals surface area contributed by atoms with Gasteiger partial charge in [-0.25, -0.2) is 14.2 Å². The number of anilines is 2. The van der Waals surface area contributed by atoms with E-state index in [0.717, 1.165) is 27.5 Å². The Hall–Kier alpha value is -4.44. The van der Waals surface area contributed by atoms with Crippen LogP contribution in [0.4, 0.5) is 21.0 Å². The van der Waals surface area contributed by atoms with E-state index in [0.29, 0.717) is 24.9 Å². The molecule has 0 aliphatic heterocycles. The number of fused-ring (bicyclic) bond motifs is 1. The summed E-state index contributed by atoms with van der Waals surface area (Å²) >= 11 is 3.46. The van der Waals surface area contributed by atoms with Crippen LogP contribution in [0, 0.1) is 0 Å². The number of halogens is 1. The first-order valence-corrected chi connectivity index (χ1v) is 14.6. The molecule has 2 N–H and O–H groups in total. The quantitative estimate of drug-likeness (QED) is 0.137. The van der Waals surface area contributed by atoms with Crippen LogP contribution in [0.15, 0.2) is 102 Å². The molecule has 1 aromatic heterocycles. The number of rotatable bonds is 13. The fourth-order valence-electron chi connectivity index (χ4n) is 4.36. The van der Waals surface area contributed by atoms with Gasteiger partial charge in [0.15, 0.2) is 12.4 Å². The molecular weight excluding hydrogens is 600 g/mol. The summed E-state index contributed by atoms with van der Waals surface area (Å²) in [5.74, 6) is -0.0486. The standard InChI is InChI=1S/C32H33BrN4O5/c33-26-12-7-13-27(24-26)37(30(38)16-8-20-36-18-4-1-5-19-36)21-23-42-31(39)34-17-9-22-41-32(40)35-29-15-6-11-25-10-2-3-14-28(25)29/h1-7,10-15,18-19,24H,8-9,16-17,20-23H2,(H-,34,35,39,40)/p+1. The molecule has 0 fully saturated rings. The molecule has 10 heteroatoms. The molecule has 3 aromatic carbocycles. The number of hydrogen-bond acceptors (Lipinski definition) is 5. The monoisotopic (exact) mass is 633 g/mol. The Kier molecular flexibility index (Phi) is 11.7. The number of alkyl carbamates (subject to hydrolysis) is 1. The molecular formula is C32H34BrN4O5+. The van der Waals surface area contributed by atoms with E-state index in [4.69, 9.17) is 9.47 Å². The number of aromatic nitrogens is 1. The summed E-state index contributed by atoms with van der Waals surface area (Å²) in [6.45, 7) is 1.38. The first-order chi connectivity index (χ1) is 20.5. The fourth-order valence-corrected chi connectivity index (χ4v) is 4.75. The van der Waals surface area contributed by atoms with Crippen molar-refractivity contribution in [2.45, 2.75) is 25.8 Å². The number of carbonyl (C=O) groups is 3. The Bertz CT molecular complexity index is 1480. The lowest BCUT2D eigenvalue weighted by Gasteiger charge is -2.23. The number of nitrogens with zero attached hydrogens (tertiary/aromatic N) is 2. The summed E-state index contributed by atoms with van der Waals surface area (Å²) in [4.78, 5) is 39.2. The van der Waals surface area contributed by atoms with Crippen LogP contribution in [0.5, 0.6) is 0 Å². The van der Waals surface area contributed by atoms with E-state index < -0.39 is 12.2 Å². The lowest BCUT2D eigenvalue weighted by molar-refractivity contribution is -0.697. The van der Waals surface area contributed by atoms with Crippen LogP contribution in [0.2, 0.25) is 0 Å². The van der Waals surface area contributed by atoms with E-state index in [9.17, 15) is 14.4 Å². The van der Waals surface area contributed by atoms with Gasteiger partial charge in [-0.1, -0.05) is 64.5 Å². The van der Waals surface area contributed by atoms with Crippen LogP contribution in [0.1, 0.15) is 19.3 Å². The van der Waals surface area contributed by atoms with E-state index in [1.807, 2.05) is 102 Å². The molecule has 9 nitrogen and oxygen atoms in total. The highest BCUT2D eigenvalue weighted by Gasteiger charge is 2.17. The Labute approximate surface area is 253 Å². The maximum absolute atomic E-state index is 13.1. The van der Waals surface area contributed by atoms with Crippen LogP contribution in [0.3, 0.4) is 0 Å². The van der Waals surface area contributed by atoms with Crippen molar-refractivity contribution in [2.24, 2.45) is 0 Å². The van der Waals surface area contributed by atoms with Crippen molar-refractivity contribution >= 4 is 56.2 Å².